The minimum Gasteiger partial charge on any atom is -0.427 e. The summed E-state index contributed by atoms with van der Waals surface area (Å²) in [6.07, 6.45) is -24.2. The van der Waals surface area contributed by atoms with Crippen LogP contribution in [0.3, 0.4) is 0 Å². The van der Waals surface area contributed by atoms with Gasteiger partial charge >= 0.3 is 25.6 Å². The lowest BCUT2D eigenvalue weighted by Gasteiger charge is -2.38. The first kappa shape index (κ1) is 17.4. The molecule has 108 valence electrons. The van der Waals surface area contributed by atoms with Crippen LogP contribution < -0.4 is 0 Å². The third-order valence-corrected chi connectivity index (χ3v) is 2.23. The van der Waals surface area contributed by atoms with Crippen molar-refractivity contribution < 1.29 is 49.6 Å². The van der Waals surface area contributed by atoms with Gasteiger partial charge in [-0.2, -0.15) is 39.5 Å². The van der Waals surface area contributed by atoms with Crippen LogP contribution in [0.4, 0.5) is 39.5 Å². The Kier molecular flexibility index (Phi) is 4.62. The summed E-state index contributed by atoms with van der Waals surface area (Å²) in [5.74, 6) is 0. The van der Waals surface area contributed by atoms with Crippen LogP contribution in [0.1, 0.15) is 6.42 Å². The molecule has 0 aliphatic rings. The van der Waals surface area contributed by atoms with E-state index in [4.69, 9.17) is 10.0 Å². The SMILES string of the molecule is OB(O)CCC(C(F)(F)F)(C(F)(F)F)C(F)(F)F. The molecular weight excluding hydrogens is 286 g/mol. The van der Waals surface area contributed by atoms with E-state index in [1.165, 1.54) is 0 Å². The van der Waals surface area contributed by atoms with Crippen molar-refractivity contribution in [1.82, 2.24) is 0 Å². The summed E-state index contributed by atoms with van der Waals surface area (Å²) in [6.45, 7) is 0. The van der Waals surface area contributed by atoms with Crippen molar-refractivity contribution in [3.8, 4) is 0 Å². The van der Waals surface area contributed by atoms with Gasteiger partial charge in [0.1, 0.15) is 0 Å². The van der Waals surface area contributed by atoms with Crippen LogP contribution in [0.15, 0.2) is 0 Å². The van der Waals surface area contributed by atoms with E-state index in [9.17, 15) is 39.5 Å². The first-order valence-electron chi connectivity index (χ1n) is 4.23. The van der Waals surface area contributed by atoms with Crippen LogP contribution in [-0.4, -0.2) is 35.7 Å². The highest BCUT2D eigenvalue weighted by atomic mass is 19.4. The van der Waals surface area contributed by atoms with Crippen molar-refractivity contribution in [3.05, 3.63) is 0 Å². The zero-order chi connectivity index (χ0) is 15.0. The fraction of sp³-hybridized carbons (Fsp3) is 1.00. The monoisotopic (exact) mass is 292 g/mol. The second-order valence-electron chi connectivity index (χ2n) is 3.42. The molecule has 0 aliphatic heterocycles. The van der Waals surface area contributed by atoms with Gasteiger partial charge in [-0.1, -0.05) is 0 Å². The summed E-state index contributed by atoms with van der Waals surface area (Å²) in [5.41, 5.74) is -5.98. The first-order chi connectivity index (χ1) is 7.67. The second-order valence-corrected chi connectivity index (χ2v) is 3.42. The Bertz CT molecular complexity index is 242. The summed E-state index contributed by atoms with van der Waals surface area (Å²) in [5, 5.41) is 16.3. The predicted octanol–water partition coefficient (Wildman–Crippen LogP) is 2.52. The summed E-state index contributed by atoms with van der Waals surface area (Å²) in [7, 11) is -2.71. The van der Waals surface area contributed by atoms with E-state index in [0.717, 1.165) is 0 Å². The molecule has 0 aliphatic carbocycles. The highest BCUT2D eigenvalue weighted by Gasteiger charge is 2.82. The average molecular weight is 292 g/mol. The van der Waals surface area contributed by atoms with Gasteiger partial charge in [0, 0.05) is 0 Å². The van der Waals surface area contributed by atoms with Gasteiger partial charge in [-0.05, 0) is 12.7 Å². The summed E-state index contributed by atoms with van der Waals surface area (Å²) >= 11 is 0. The molecule has 0 bridgehead atoms. The van der Waals surface area contributed by atoms with Gasteiger partial charge in [0.25, 0.3) is 5.41 Å². The molecular formula is C6H6BF9O2. The standard InChI is InChI=1S/C6H6BF9O2/c8-4(9,10)3(5(11,12)13,6(14,15)16)1-2-7(17)18/h17-18H,1-2H2. The van der Waals surface area contributed by atoms with E-state index in [1.807, 2.05) is 0 Å². The molecule has 0 atom stereocenters. The number of alkyl halides is 9. The van der Waals surface area contributed by atoms with Crippen LogP contribution in [0.5, 0.6) is 0 Å². The van der Waals surface area contributed by atoms with Crippen LogP contribution in [0, 0.1) is 5.41 Å². The zero-order valence-corrected chi connectivity index (χ0v) is 8.29. The lowest BCUT2D eigenvalue weighted by atomic mass is 9.72. The molecule has 0 aromatic heterocycles. The number of hydrogen-bond acceptors (Lipinski definition) is 2. The van der Waals surface area contributed by atoms with E-state index >= 15 is 0 Å². The van der Waals surface area contributed by atoms with E-state index in [2.05, 4.69) is 0 Å². The van der Waals surface area contributed by atoms with Gasteiger partial charge in [-0.25, -0.2) is 0 Å². The minimum absolute atomic E-state index is 1.72. The molecule has 0 amide bonds. The van der Waals surface area contributed by atoms with Crippen LogP contribution in [0.25, 0.3) is 0 Å². The topological polar surface area (TPSA) is 40.5 Å². The number of hydrogen-bond donors (Lipinski definition) is 2. The summed E-state index contributed by atoms with van der Waals surface area (Å²) in [4.78, 5) is 0. The number of rotatable bonds is 3. The van der Waals surface area contributed by atoms with E-state index in [0.29, 0.717) is 0 Å². The summed E-state index contributed by atoms with van der Waals surface area (Å²) in [6, 6.07) is 0. The van der Waals surface area contributed by atoms with E-state index in [1.54, 1.807) is 0 Å². The maximum Gasteiger partial charge on any atom is 0.451 e. The van der Waals surface area contributed by atoms with Crippen molar-refractivity contribution >= 4 is 7.12 Å². The molecule has 0 unspecified atom stereocenters. The van der Waals surface area contributed by atoms with Gasteiger partial charge < -0.3 is 10.0 Å². The third kappa shape index (κ3) is 3.02. The Morgan fingerprint density at radius 2 is 0.944 bits per heavy atom. The molecule has 18 heavy (non-hydrogen) atoms. The molecule has 0 saturated heterocycles. The van der Waals surface area contributed by atoms with Crippen molar-refractivity contribution in [1.29, 1.82) is 0 Å². The Labute approximate surface area is 94.5 Å². The zero-order valence-electron chi connectivity index (χ0n) is 8.29. The highest BCUT2D eigenvalue weighted by Crippen LogP contribution is 2.61. The molecule has 0 aromatic rings. The van der Waals surface area contributed by atoms with Crippen molar-refractivity contribution in [2.75, 3.05) is 0 Å². The molecule has 0 heterocycles. The smallest absolute Gasteiger partial charge is 0.427 e. The molecule has 2 nitrogen and oxygen atoms in total. The van der Waals surface area contributed by atoms with Crippen molar-refractivity contribution in [3.63, 3.8) is 0 Å². The average Bonchev–Trinajstić information content (AvgIpc) is 1.94. The largest absolute Gasteiger partial charge is 0.451 e. The highest BCUT2D eigenvalue weighted by molar-refractivity contribution is 6.40. The lowest BCUT2D eigenvalue weighted by Crippen LogP contribution is -2.59. The number of halogens is 9. The molecule has 0 saturated carbocycles. The fourth-order valence-corrected chi connectivity index (χ4v) is 1.25. The van der Waals surface area contributed by atoms with Gasteiger partial charge in [0.05, 0.1) is 0 Å². The van der Waals surface area contributed by atoms with E-state index < -0.39 is 43.8 Å². The van der Waals surface area contributed by atoms with Crippen LogP contribution in [0.2, 0.25) is 6.32 Å². The van der Waals surface area contributed by atoms with Crippen molar-refractivity contribution in [2.45, 2.75) is 31.3 Å². The Morgan fingerprint density at radius 1 is 0.667 bits per heavy atom. The van der Waals surface area contributed by atoms with Crippen LogP contribution >= 0.6 is 0 Å². The van der Waals surface area contributed by atoms with Gasteiger partial charge in [-0.3, -0.25) is 0 Å². The Hall–Kier alpha value is -0.645. The van der Waals surface area contributed by atoms with Crippen molar-refractivity contribution in [2.24, 2.45) is 5.41 Å². The van der Waals surface area contributed by atoms with Gasteiger partial charge in [-0.15, -0.1) is 0 Å². The quantitative estimate of drug-likeness (QED) is 0.620. The summed E-state index contributed by atoms with van der Waals surface area (Å²) < 4.78 is 110. The van der Waals surface area contributed by atoms with E-state index in [-0.39, 0.29) is 0 Å². The molecule has 0 spiro atoms. The lowest BCUT2D eigenvalue weighted by molar-refractivity contribution is -0.427. The minimum atomic E-state index is -6.65. The van der Waals surface area contributed by atoms with Crippen LogP contribution in [-0.2, 0) is 0 Å². The maximum absolute atomic E-state index is 12.2. The molecule has 0 aromatic carbocycles. The molecule has 2 N–H and O–H groups in total. The Morgan fingerprint density at radius 3 is 1.11 bits per heavy atom. The fourth-order valence-electron chi connectivity index (χ4n) is 1.25. The predicted molar refractivity (Wildman–Crippen MR) is 40.2 cm³/mol. The maximum atomic E-state index is 12.2. The Balaban J connectivity index is 5.76. The van der Waals surface area contributed by atoms with Gasteiger partial charge in [0.15, 0.2) is 0 Å². The van der Waals surface area contributed by atoms with Gasteiger partial charge in [0.2, 0.25) is 0 Å². The normalized spacial score (nSPS) is 14.8. The molecule has 0 radical (unpaired) electrons. The third-order valence-electron chi connectivity index (χ3n) is 2.23. The molecule has 12 heteroatoms. The second kappa shape index (κ2) is 4.80. The first-order valence-corrected chi connectivity index (χ1v) is 4.23. The molecule has 0 fully saturated rings. The molecule has 0 rings (SSSR count).